The molecule has 3 N–H and O–H groups in total. The maximum absolute atomic E-state index is 14.4. The standard InChI is InChI=1S/C22H19ClF3N7O3/c1-31(27)9-12-2-3-15(23)19(6-12)28-20-29-21(34)33(11-14-4-5-36-30-14)22(35)32(20)10-13-7-17(25)18(26)8-16(13)24/h3-9H,2,10-11,27H2,1H3,(H,28,29,34)/b12-9+. The minimum Gasteiger partial charge on any atom is -0.364 e. The SMILES string of the molecule is CN(N)/C=C1/C=C(Nc2nc(=O)n(Cc3ccon3)c(=O)n2Cc2cc(F)c(F)cc2F)C(Cl)=CC1. The van der Waals surface area contributed by atoms with Gasteiger partial charge in [0.1, 0.15) is 17.8 Å². The molecule has 14 heteroatoms. The Hall–Kier alpha value is -4.10. The van der Waals surface area contributed by atoms with Crippen LogP contribution in [0, 0.1) is 17.5 Å². The van der Waals surface area contributed by atoms with E-state index in [2.05, 4.69) is 15.5 Å². The largest absolute Gasteiger partial charge is 0.364 e. The first-order chi connectivity index (χ1) is 17.1. The van der Waals surface area contributed by atoms with Gasteiger partial charge in [0.05, 0.1) is 23.8 Å². The lowest BCUT2D eigenvalue weighted by atomic mass is 10.1. The number of benzene rings is 1. The number of hydrogen-bond donors (Lipinski definition) is 2. The fourth-order valence-corrected chi connectivity index (χ4v) is 3.62. The molecule has 2 heterocycles. The molecule has 0 spiro atoms. The first kappa shape index (κ1) is 25.0. The number of nitrogens with zero attached hydrogens (tertiary/aromatic N) is 5. The van der Waals surface area contributed by atoms with Gasteiger partial charge in [0.25, 0.3) is 0 Å². The third kappa shape index (κ3) is 5.42. The van der Waals surface area contributed by atoms with Crippen LogP contribution in [0.15, 0.2) is 73.2 Å². The van der Waals surface area contributed by atoms with Gasteiger partial charge < -0.3 is 14.8 Å². The Balaban J connectivity index is 1.83. The summed E-state index contributed by atoms with van der Waals surface area (Å²) in [6, 6.07) is 2.43. The van der Waals surface area contributed by atoms with Crippen LogP contribution in [-0.4, -0.2) is 31.3 Å². The van der Waals surface area contributed by atoms with Gasteiger partial charge in [-0.2, -0.15) is 4.98 Å². The highest BCUT2D eigenvalue weighted by molar-refractivity contribution is 6.32. The summed E-state index contributed by atoms with van der Waals surface area (Å²) >= 11 is 6.31. The highest BCUT2D eigenvalue weighted by Crippen LogP contribution is 2.26. The average molecular weight is 522 g/mol. The molecule has 0 aliphatic heterocycles. The van der Waals surface area contributed by atoms with Crippen LogP contribution < -0.4 is 22.5 Å². The Morgan fingerprint density at radius 2 is 1.94 bits per heavy atom. The Kier molecular flexibility index (Phi) is 7.12. The molecule has 0 radical (unpaired) electrons. The second-order valence-corrected chi connectivity index (χ2v) is 8.24. The Bertz CT molecular complexity index is 1510. The molecule has 0 bridgehead atoms. The summed E-state index contributed by atoms with van der Waals surface area (Å²) in [6.07, 6.45) is 6.65. The van der Waals surface area contributed by atoms with Gasteiger partial charge in [0, 0.05) is 30.9 Å². The summed E-state index contributed by atoms with van der Waals surface area (Å²) in [6.45, 7) is -0.875. The van der Waals surface area contributed by atoms with E-state index in [1.54, 1.807) is 25.4 Å². The molecule has 4 rings (SSSR count). The van der Waals surface area contributed by atoms with Crippen LogP contribution in [0.5, 0.6) is 0 Å². The lowest BCUT2D eigenvalue weighted by Gasteiger charge is -2.19. The van der Waals surface area contributed by atoms with E-state index in [9.17, 15) is 22.8 Å². The maximum Gasteiger partial charge on any atom is 0.355 e. The molecule has 0 atom stereocenters. The Morgan fingerprint density at radius 1 is 1.19 bits per heavy atom. The molecule has 1 aliphatic rings. The van der Waals surface area contributed by atoms with Crippen LogP contribution in [0.1, 0.15) is 17.7 Å². The van der Waals surface area contributed by atoms with Gasteiger partial charge in [-0.3, -0.25) is 4.57 Å². The molecule has 1 aromatic carbocycles. The summed E-state index contributed by atoms with van der Waals surface area (Å²) in [5, 5.41) is 8.08. The van der Waals surface area contributed by atoms with Crippen molar-refractivity contribution >= 4 is 17.5 Å². The summed E-state index contributed by atoms with van der Waals surface area (Å²) in [5.41, 5.74) is -0.941. The minimum atomic E-state index is -1.38. The smallest absolute Gasteiger partial charge is 0.355 e. The van der Waals surface area contributed by atoms with E-state index in [1.807, 2.05) is 0 Å². The highest BCUT2D eigenvalue weighted by Gasteiger charge is 2.20. The van der Waals surface area contributed by atoms with Crippen LogP contribution >= 0.6 is 11.6 Å². The molecule has 0 amide bonds. The molecular weight excluding hydrogens is 503 g/mol. The van der Waals surface area contributed by atoms with Crippen molar-refractivity contribution < 1.29 is 17.7 Å². The van der Waals surface area contributed by atoms with Crippen molar-refractivity contribution in [3.8, 4) is 0 Å². The third-order valence-electron chi connectivity index (χ3n) is 5.10. The number of allylic oxidation sites excluding steroid dienone is 4. The van der Waals surface area contributed by atoms with E-state index in [4.69, 9.17) is 22.0 Å². The quantitative estimate of drug-likeness (QED) is 0.276. The molecule has 0 saturated heterocycles. The van der Waals surface area contributed by atoms with Gasteiger partial charge in [-0.15, -0.1) is 0 Å². The van der Waals surface area contributed by atoms with Crippen LogP contribution in [-0.2, 0) is 13.1 Å². The third-order valence-corrected chi connectivity index (χ3v) is 5.46. The van der Waals surface area contributed by atoms with E-state index in [1.165, 1.54) is 17.3 Å². The van der Waals surface area contributed by atoms with Crippen molar-refractivity contribution in [2.24, 2.45) is 5.84 Å². The second-order valence-electron chi connectivity index (χ2n) is 7.83. The van der Waals surface area contributed by atoms with Crippen LogP contribution in [0.3, 0.4) is 0 Å². The van der Waals surface area contributed by atoms with E-state index >= 15 is 0 Å². The van der Waals surface area contributed by atoms with Crippen LogP contribution in [0.2, 0.25) is 0 Å². The summed E-state index contributed by atoms with van der Waals surface area (Å²) < 4.78 is 48.1. The molecular formula is C22H19ClF3N7O3. The number of rotatable bonds is 7. The first-order valence-corrected chi connectivity index (χ1v) is 10.8. The molecule has 0 fully saturated rings. The number of nitrogens with one attached hydrogen (secondary N) is 1. The number of hydrazine groups is 1. The number of anilines is 1. The number of halogens is 4. The normalized spacial score (nSPS) is 14.6. The lowest BCUT2D eigenvalue weighted by molar-refractivity contribution is 0.407. The van der Waals surface area contributed by atoms with E-state index in [0.29, 0.717) is 18.6 Å². The molecule has 10 nitrogen and oxygen atoms in total. The van der Waals surface area contributed by atoms with Crippen molar-refractivity contribution in [2.45, 2.75) is 19.5 Å². The monoisotopic (exact) mass is 521 g/mol. The first-order valence-electron chi connectivity index (χ1n) is 10.4. The summed E-state index contributed by atoms with van der Waals surface area (Å²) in [7, 11) is 1.62. The minimum absolute atomic E-state index is 0.254. The van der Waals surface area contributed by atoms with E-state index in [0.717, 1.165) is 14.7 Å². The van der Waals surface area contributed by atoms with Gasteiger partial charge in [0.15, 0.2) is 11.6 Å². The van der Waals surface area contributed by atoms with E-state index in [-0.39, 0.29) is 34.5 Å². The zero-order valence-electron chi connectivity index (χ0n) is 18.7. The predicted molar refractivity (Wildman–Crippen MR) is 124 cm³/mol. The van der Waals surface area contributed by atoms with Crippen molar-refractivity contribution in [1.82, 2.24) is 24.3 Å². The van der Waals surface area contributed by atoms with Gasteiger partial charge in [-0.1, -0.05) is 22.8 Å². The topological polar surface area (TPSA) is 124 Å². The van der Waals surface area contributed by atoms with Crippen molar-refractivity contribution in [3.05, 3.63) is 109 Å². The molecule has 2 aromatic heterocycles. The number of nitrogens with two attached hydrogens (primary N) is 1. The molecule has 1 aliphatic carbocycles. The zero-order valence-corrected chi connectivity index (χ0v) is 19.5. The number of aromatic nitrogens is 4. The predicted octanol–water partition coefficient (Wildman–Crippen LogP) is 2.42. The van der Waals surface area contributed by atoms with Crippen molar-refractivity contribution in [3.63, 3.8) is 0 Å². The fraction of sp³-hybridized carbons (Fsp3) is 0.182. The van der Waals surface area contributed by atoms with Crippen molar-refractivity contribution in [2.75, 3.05) is 12.4 Å². The second kappa shape index (κ2) is 10.3. The van der Waals surface area contributed by atoms with Crippen molar-refractivity contribution in [1.29, 1.82) is 0 Å². The molecule has 0 unspecified atom stereocenters. The molecule has 188 valence electrons. The highest BCUT2D eigenvalue weighted by atomic mass is 35.5. The maximum atomic E-state index is 14.4. The fourth-order valence-electron chi connectivity index (χ4n) is 3.44. The lowest BCUT2D eigenvalue weighted by Crippen LogP contribution is -2.43. The van der Waals surface area contributed by atoms with Gasteiger partial charge >= 0.3 is 11.4 Å². The Labute approximate surface area is 206 Å². The van der Waals surface area contributed by atoms with E-state index < -0.39 is 35.4 Å². The Morgan fingerprint density at radius 3 is 2.64 bits per heavy atom. The average Bonchev–Trinajstić information content (AvgIpc) is 3.32. The summed E-state index contributed by atoms with van der Waals surface area (Å²) in [4.78, 5) is 30.0. The number of hydrogen-bond acceptors (Lipinski definition) is 8. The van der Waals surface area contributed by atoms with Gasteiger partial charge in [-0.05, 0) is 24.1 Å². The van der Waals surface area contributed by atoms with Gasteiger partial charge in [0.2, 0.25) is 5.95 Å². The molecule has 3 aromatic rings. The zero-order chi connectivity index (χ0) is 26.0. The van der Waals surface area contributed by atoms with Crippen LogP contribution in [0.25, 0.3) is 0 Å². The van der Waals surface area contributed by atoms with Gasteiger partial charge in [-0.25, -0.2) is 33.2 Å². The summed E-state index contributed by atoms with van der Waals surface area (Å²) in [5.74, 6) is 1.58. The molecule has 0 saturated carbocycles. The van der Waals surface area contributed by atoms with Crippen LogP contribution in [0.4, 0.5) is 19.1 Å². The molecule has 36 heavy (non-hydrogen) atoms.